The second kappa shape index (κ2) is 5.56. The quantitative estimate of drug-likeness (QED) is 0.804. The minimum atomic E-state index is -0.751. The highest BCUT2D eigenvalue weighted by molar-refractivity contribution is 14.1. The van der Waals surface area contributed by atoms with Crippen LogP contribution in [0.1, 0.15) is 30.1 Å². The molecule has 0 bridgehead atoms. The van der Waals surface area contributed by atoms with Gasteiger partial charge in [0.2, 0.25) is 0 Å². The Morgan fingerprint density at radius 2 is 2.28 bits per heavy atom. The van der Waals surface area contributed by atoms with Crippen molar-refractivity contribution < 1.29 is 14.7 Å². The fourth-order valence-corrected chi connectivity index (χ4v) is 3.61. The summed E-state index contributed by atoms with van der Waals surface area (Å²) in [4.78, 5) is 25.0. The molecule has 0 saturated carbocycles. The molecule has 1 amide bonds. The minimum Gasteiger partial charge on any atom is -0.481 e. The van der Waals surface area contributed by atoms with Gasteiger partial charge in [0, 0.05) is 18.0 Å². The number of piperidine rings is 1. The number of carbonyl (C=O) groups excluding carboxylic acids is 1. The molecule has 2 atom stereocenters. The maximum Gasteiger partial charge on any atom is 0.306 e. The maximum absolute atomic E-state index is 12.3. The molecule has 0 aliphatic carbocycles. The van der Waals surface area contributed by atoms with Crippen molar-refractivity contribution in [2.45, 2.75) is 25.8 Å². The Balaban J connectivity index is 2.07. The van der Waals surface area contributed by atoms with Gasteiger partial charge >= 0.3 is 5.97 Å². The van der Waals surface area contributed by atoms with Gasteiger partial charge in [-0.15, -0.1) is 11.3 Å². The van der Waals surface area contributed by atoms with Crippen LogP contribution in [0, 0.1) is 8.80 Å². The molecule has 1 aromatic rings. The molecule has 1 aromatic heterocycles. The molecule has 18 heavy (non-hydrogen) atoms. The third-order valence-electron chi connectivity index (χ3n) is 3.30. The van der Waals surface area contributed by atoms with Crippen molar-refractivity contribution in [3.8, 4) is 0 Å². The normalized spacial score (nSPS) is 24.0. The SMILES string of the molecule is CC1CC(C(=O)O)CCN1C(=O)c1csc(I)c1. The zero-order valence-electron chi connectivity index (χ0n) is 9.93. The summed E-state index contributed by atoms with van der Waals surface area (Å²) >= 11 is 3.74. The molecule has 1 saturated heterocycles. The lowest BCUT2D eigenvalue weighted by Gasteiger charge is -2.36. The molecule has 1 fully saturated rings. The first kappa shape index (κ1) is 13.8. The first-order valence-electron chi connectivity index (χ1n) is 5.77. The Labute approximate surface area is 123 Å². The van der Waals surface area contributed by atoms with Crippen LogP contribution in [-0.2, 0) is 4.79 Å². The van der Waals surface area contributed by atoms with E-state index in [4.69, 9.17) is 5.11 Å². The van der Waals surface area contributed by atoms with Crippen LogP contribution in [0.4, 0.5) is 0 Å². The van der Waals surface area contributed by atoms with E-state index in [0.29, 0.717) is 24.9 Å². The van der Waals surface area contributed by atoms with Crippen LogP contribution in [0.2, 0.25) is 0 Å². The predicted octanol–water partition coefficient (Wildman–Crippen LogP) is 2.68. The van der Waals surface area contributed by atoms with Crippen LogP contribution in [0.5, 0.6) is 0 Å². The molecule has 1 N–H and O–H groups in total. The van der Waals surface area contributed by atoms with E-state index in [1.54, 1.807) is 16.2 Å². The fourth-order valence-electron chi connectivity index (χ4n) is 2.29. The van der Waals surface area contributed by atoms with Gasteiger partial charge in [-0.1, -0.05) is 0 Å². The second-order valence-electron chi connectivity index (χ2n) is 4.55. The van der Waals surface area contributed by atoms with Crippen molar-refractivity contribution in [3.63, 3.8) is 0 Å². The van der Waals surface area contributed by atoms with E-state index in [2.05, 4.69) is 22.6 Å². The van der Waals surface area contributed by atoms with Crippen LogP contribution < -0.4 is 0 Å². The number of nitrogens with zero attached hydrogens (tertiary/aromatic N) is 1. The number of thiophene rings is 1. The molecule has 6 heteroatoms. The molecule has 0 spiro atoms. The predicted molar refractivity (Wildman–Crippen MR) is 77.9 cm³/mol. The average molecular weight is 379 g/mol. The highest BCUT2D eigenvalue weighted by Crippen LogP contribution is 2.26. The first-order valence-corrected chi connectivity index (χ1v) is 7.72. The number of carboxylic acid groups (broad SMARTS) is 1. The number of hydrogen-bond donors (Lipinski definition) is 1. The van der Waals surface area contributed by atoms with Gasteiger partial charge < -0.3 is 10.0 Å². The summed E-state index contributed by atoms with van der Waals surface area (Å²) in [5.74, 6) is -1.05. The molecule has 1 aliphatic heterocycles. The van der Waals surface area contributed by atoms with Gasteiger partial charge in [-0.25, -0.2) is 0 Å². The van der Waals surface area contributed by atoms with Gasteiger partial charge in [-0.2, -0.15) is 0 Å². The van der Waals surface area contributed by atoms with E-state index in [1.807, 2.05) is 18.4 Å². The van der Waals surface area contributed by atoms with Gasteiger partial charge in [-0.05, 0) is 48.4 Å². The van der Waals surface area contributed by atoms with E-state index in [9.17, 15) is 9.59 Å². The molecular weight excluding hydrogens is 365 g/mol. The number of aliphatic carboxylic acids is 1. The number of halogens is 1. The van der Waals surface area contributed by atoms with Gasteiger partial charge in [0.25, 0.3) is 5.91 Å². The Hall–Kier alpha value is -0.630. The Morgan fingerprint density at radius 3 is 2.78 bits per heavy atom. The van der Waals surface area contributed by atoms with Gasteiger partial charge in [0.1, 0.15) is 0 Å². The molecule has 0 radical (unpaired) electrons. The van der Waals surface area contributed by atoms with Crippen LogP contribution >= 0.6 is 33.9 Å². The van der Waals surface area contributed by atoms with Crippen LogP contribution in [-0.4, -0.2) is 34.5 Å². The second-order valence-corrected chi connectivity index (χ2v) is 7.35. The highest BCUT2D eigenvalue weighted by atomic mass is 127. The zero-order valence-corrected chi connectivity index (χ0v) is 12.9. The summed E-state index contributed by atoms with van der Waals surface area (Å²) in [5, 5.41) is 10.9. The molecule has 2 heterocycles. The monoisotopic (exact) mass is 379 g/mol. The van der Waals surface area contributed by atoms with Gasteiger partial charge in [0.15, 0.2) is 0 Å². The summed E-state index contributed by atoms with van der Waals surface area (Å²) in [7, 11) is 0. The number of likely N-dealkylation sites (tertiary alicyclic amines) is 1. The third kappa shape index (κ3) is 2.85. The van der Waals surface area contributed by atoms with Crippen LogP contribution in [0.25, 0.3) is 0 Å². The lowest BCUT2D eigenvalue weighted by atomic mass is 9.91. The lowest BCUT2D eigenvalue weighted by molar-refractivity contribution is -0.143. The topological polar surface area (TPSA) is 57.6 Å². The number of hydrogen-bond acceptors (Lipinski definition) is 3. The average Bonchev–Trinajstić information content (AvgIpc) is 2.74. The first-order chi connectivity index (χ1) is 8.49. The van der Waals surface area contributed by atoms with Crippen molar-refractivity contribution in [3.05, 3.63) is 19.9 Å². The smallest absolute Gasteiger partial charge is 0.306 e. The van der Waals surface area contributed by atoms with Crippen LogP contribution in [0.3, 0.4) is 0 Å². The summed E-state index contributed by atoms with van der Waals surface area (Å²) < 4.78 is 1.09. The molecule has 1 aliphatic rings. The third-order valence-corrected chi connectivity index (χ3v) is 5.09. The van der Waals surface area contributed by atoms with Crippen molar-refractivity contribution in [1.82, 2.24) is 4.90 Å². The largest absolute Gasteiger partial charge is 0.481 e. The Bertz CT molecular complexity index is 474. The van der Waals surface area contributed by atoms with E-state index < -0.39 is 5.97 Å². The van der Waals surface area contributed by atoms with E-state index in [1.165, 1.54) is 0 Å². The van der Waals surface area contributed by atoms with Crippen LogP contribution in [0.15, 0.2) is 11.4 Å². The van der Waals surface area contributed by atoms with Crippen molar-refractivity contribution in [2.24, 2.45) is 5.92 Å². The molecule has 98 valence electrons. The summed E-state index contributed by atoms with van der Waals surface area (Å²) in [6.45, 7) is 2.45. The molecule has 2 rings (SSSR count). The Morgan fingerprint density at radius 1 is 1.56 bits per heavy atom. The van der Waals surface area contributed by atoms with E-state index in [-0.39, 0.29) is 17.9 Å². The Kier molecular flexibility index (Phi) is 4.26. The standard InChI is InChI=1S/C12H14INO3S/c1-7-4-8(12(16)17)2-3-14(7)11(15)9-5-10(13)18-6-9/h5-8H,2-4H2,1H3,(H,16,17). The summed E-state index contributed by atoms with van der Waals surface area (Å²) in [5.41, 5.74) is 0.713. The zero-order chi connectivity index (χ0) is 13.3. The summed E-state index contributed by atoms with van der Waals surface area (Å²) in [6, 6.07) is 1.87. The molecule has 4 nitrogen and oxygen atoms in total. The summed E-state index contributed by atoms with van der Waals surface area (Å²) in [6.07, 6.45) is 1.09. The fraction of sp³-hybridized carbons (Fsp3) is 0.500. The van der Waals surface area contributed by atoms with Gasteiger partial charge in [-0.3, -0.25) is 9.59 Å². The van der Waals surface area contributed by atoms with E-state index >= 15 is 0 Å². The minimum absolute atomic E-state index is 0.00934. The maximum atomic E-state index is 12.3. The van der Waals surface area contributed by atoms with Crippen molar-refractivity contribution in [1.29, 1.82) is 0 Å². The van der Waals surface area contributed by atoms with Crippen molar-refractivity contribution in [2.75, 3.05) is 6.54 Å². The number of carbonyl (C=O) groups is 2. The molecule has 0 aromatic carbocycles. The lowest BCUT2D eigenvalue weighted by Crippen LogP contribution is -2.45. The highest BCUT2D eigenvalue weighted by Gasteiger charge is 2.32. The number of rotatable bonds is 2. The number of amides is 1. The number of carboxylic acids is 1. The van der Waals surface area contributed by atoms with E-state index in [0.717, 1.165) is 2.88 Å². The molecule has 2 unspecified atom stereocenters. The van der Waals surface area contributed by atoms with Gasteiger partial charge in [0.05, 0.1) is 14.4 Å². The molecular formula is C12H14INO3S. The van der Waals surface area contributed by atoms with Crippen molar-refractivity contribution >= 4 is 45.8 Å².